The predicted octanol–water partition coefficient (Wildman–Crippen LogP) is 4.63. The average Bonchev–Trinajstić information content (AvgIpc) is 3.06. The third-order valence-corrected chi connectivity index (χ3v) is 9.13. The lowest BCUT2D eigenvalue weighted by Gasteiger charge is -2.56. The molecule has 4 bridgehead atoms. The lowest BCUT2D eigenvalue weighted by Crippen LogP contribution is -2.72. The number of carbonyl (C=O) groups excluding carboxylic acids is 3. The number of ether oxygens (including phenoxy) is 2. The number of aldehydes is 1. The van der Waals surface area contributed by atoms with Crippen molar-refractivity contribution in [2.45, 2.75) is 90.1 Å². The second kappa shape index (κ2) is 9.81. The third kappa shape index (κ3) is 3.98. The van der Waals surface area contributed by atoms with Gasteiger partial charge in [0, 0.05) is 41.4 Å². The molecule has 8 heteroatoms. The Balaban J connectivity index is 1.81. The molecule has 41 heavy (non-hydrogen) atoms. The van der Waals surface area contributed by atoms with Crippen LogP contribution < -0.4 is 4.74 Å². The molecule has 218 valence electrons. The van der Waals surface area contributed by atoms with Gasteiger partial charge in [0.05, 0.1) is 11.7 Å². The minimum Gasteiger partial charge on any atom is -0.507 e. The highest BCUT2D eigenvalue weighted by Gasteiger charge is 2.81. The van der Waals surface area contributed by atoms with E-state index in [1.165, 1.54) is 6.08 Å². The number of benzene rings is 1. The Morgan fingerprint density at radius 2 is 1.83 bits per heavy atom. The molecular formula is C33H38O8. The third-order valence-electron chi connectivity index (χ3n) is 9.13. The number of ketones is 2. The SMILES string of the molecule is C/C=C\C(O)Cc1c(O)c(CC=C(C)C)c2c(c1O)C(=O)C1=C[C@H]3C[C@@H]4C(C)(C)O[C@](C/C=C(\C)C=O)(C3=O)C14O2. The summed E-state index contributed by atoms with van der Waals surface area (Å²) >= 11 is 0. The van der Waals surface area contributed by atoms with E-state index < -0.39 is 46.3 Å². The topological polar surface area (TPSA) is 130 Å². The maximum absolute atomic E-state index is 14.5. The Morgan fingerprint density at radius 3 is 2.46 bits per heavy atom. The fourth-order valence-electron chi connectivity index (χ4n) is 7.30. The average molecular weight is 563 g/mol. The van der Waals surface area contributed by atoms with Crippen molar-refractivity contribution in [3.05, 3.63) is 63.8 Å². The molecule has 1 aromatic rings. The van der Waals surface area contributed by atoms with Crippen LogP contribution in [-0.4, -0.2) is 56.1 Å². The molecule has 5 aliphatic rings. The fraction of sp³-hybridized carbons (Fsp3) is 0.485. The number of aliphatic hydroxyl groups is 1. The van der Waals surface area contributed by atoms with Gasteiger partial charge < -0.3 is 24.8 Å². The van der Waals surface area contributed by atoms with E-state index in [1.807, 2.05) is 33.8 Å². The van der Waals surface area contributed by atoms with Gasteiger partial charge in [-0.1, -0.05) is 36.0 Å². The molecule has 2 fully saturated rings. The maximum Gasteiger partial charge on any atom is 0.200 e. The number of Topliss-reactive ketones (excluding diaryl/α,β-unsaturated/α-hetero) is 2. The molecule has 6 rings (SSSR count). The van der Waals surface area contributed by atoms with Gasteiger partial charge in [0.25, 0.3) is 0 Å². The Bertz CT molecular complexity index is 1470. The van der Waals surface area contributed by atoms with E-state index >= 15 is 0 Å². The number of hydrogen-bond donors (Lipinski definition) is 3. The minimum atomic E-state index is -1.58. The van der Waals surface area contributed by atoms with E-state index in [0.717, 1.165) is 5.57 Å². The number of allylic oxidation sites excluding steroid dienone is 5. The van der Waals surface area contributed by atoms with Crippen molar-refractivity contribution >= 4 is 17.9 Å². The molecule has 5 atom stereocenters. The van der Waals surface area contributed by atoms with Crippen LogP contribution in [0.4, 0.5) is 0 Å². The van der Waals surface area contributed by atoms with Gasteiger partial charge in [-0.3, -0.25) is 14.4 Å². The largest absolute Gasteiger partial charge is 0.507 e. The van der Waals surface area contributed by atoms with E-state index in [2.05, 4.69) is 0 Å². The quantitative estimate of drug-likeness (QED) is 0.238. The highest BCUT2D eigenvalue weighted by molar-refractivity contribution is 6.18. The molecule has 3 N–H and O–H groups in total. The number of hydrogen-bond acceptors (Lipinski definition) is 8. The molecule has 1 saturated heterocycles. The molecule has 1 saturated carbocycles. The molecule has 2 heterocycles. The molecule has 2 aliphatic heterocycles. The second-order valence-corrected chi connectivity index (χ2v) is 12.5. The van der Waals surface area contributed by atoms with Crippen LogP contribution in [0.15, 0.2) is 47.1 Å². The van der Waals surface area contributed by atoms with Crippen LogP contribution >= 0.6 is 0 Å². The van der Waals surface area contributed by atoms with Crippen LogP contribution in [0, 0.1) is 11.8 Å². The van der Waals surface area contributed by atoms with Gasteiger partial charge in [-0.05, 0) is 60.0 Å². The van der Waals surface area contributed by atoms with Crippen LogP contribution in [0.5, 0.6) is 17.2 Å². The monoisotopic (exact) mass is 562 g/mol. The zero-order chi connectivity index (χ0) is 30.1. The van der Waals surface area contributed by atoms with Gasteiger partial charge in [0.1, 0.15) is 29.1 Å². The zero-order valence-corrected chi connectivity index (χ0v) is 24.4. The van der Waals surface area contributed by atoms with Crippen molar-refractivity contribution in [3.63, 3.8) is 0 Å². The number of carbonyl (C=O) groups is 3. The first-order valence-corrected chi connectivity index (χ1v) is 14.1. The Morgan fingerprint density at radius 1 is 1.12 bits per heavy atom. The molecule has 0 aromatic heterocycles. The van der Waals surface area contributed by atoms with Gasteiger partial charge >= 0.3 is 0 Å². The van der Waals surface area contributed by atoms with Crippen LogP contribution in [-0.2, 0) is 27.2 Å². The number of phenolic OH excluding ortho intramolecular Hbond substituents is 2. The summed E-state index contributed by atoms with van der Waals surface area (Å²) in [7, 11) is 0. The first kappa shape index (κ1) is 29.0. The van der Waals surface area contributed by atoms with Gasteiger partial charge in [-0.15, -0.1) is 0 Å². The zero-order valence-electron chi connectivity index (χ0n) is 24.4. The number of phenols is 2. The Labute approximate surface area is 240 Å². The molecule has 1 aromatic carbocycles. The number of fused-ring (bicyclic) bond motifs is 1. The molecule has 2 unspecified atom stereocenters. The summed E-state index contributed by atoms with van der Waals surface area (Å²) in [5.74, 6) is -2.38. The van der Waals surface area contributed by atoms with E-state index in [9.17, 15) is 29.7 Å². The molecular weight excluding hydrogens is 524 g/mol. The van der Waals surface area contributed by atoms with Crippen molar-refractivity contribution < 1.29 is 39.2 Å². The van der Waals surface area contributed by atoms with Crippen molar-refractivity contribution in [2.75, 3.05) is 0 Å². The molecule has 0 amide bonds. The van der Waals surface area contributed by atoms with Gasteiger partial charge in [-0.25, -0.2) is 0 Å². The Kier molecular flexibility index (Phi) is 6.94. The second-order valence-electron chi connectivity index (χ2n) is 12.5. The molecule has 1 spiro atoms. The molecule has 8 nitrogen and oxygen atoms in total. The van der Waals surface area contributed by atoms with Crippen LogP contribution in [0.25, 0.3) is 0 Å². The number of aromatic hydroxyl groups is 2. The van der Waals surface area contributed by atoms with Crippen LogP contribution in [0.3, 0.4) is 0 Å². The summed E-state index contributed by atoms with van der Waals surface area (Å²) in [6.45, 7) is 11.0. The fourth-order valence-corrected chi connectivity index (χ4v) is 7.30. The van der Waals surface area contributed by atoms with Crippen molar-refractivity contribution in [2.24, 2.45) is 11.8 Å². The molecule has 3 aliphatic carbocycles. The van der Waals surface area contributed by atoms with Crippen molar-refractivity contribution in [1.29, 1.82) is 0 Å². The van der Waals surface area contributed by atoms with E-state index in [1.54, 1.807) is 32.1 Å². The first-order valence-electron chi connectivity index (χ1n) is 14.1. The smallest absolute Gasteiger partial charge is 0.200 e. The summed E-state index contributed by atoms with van der Waals surface area (Å²) in [5, 5.41) is 33.4. The normalized spacial score (nSPS) is 30.0. The highest BCUT2D eigenvalue weighted by atomic mass is 16.6. The van der Waals surface area contributed by atoms with E-state index in [0.29, 0.717) is 18.3 Å². The number of aliphatic hydroxyl groups excluding tert-OH is 1. The summed E-state index contributed by atoms with van der Waals surface area (Å²) in [6, 6.07) is 0. The Hall–Kier alpha value is -3.49. The van der Waals surface area contributed by atoms with Gasteiger partial charge in [-0.2, -0.15) is 0 Å². The van der Waals surface area contributed by atoms with Crippen LogP contribution in [0.2, 0.25) is 0 Å². The standard InChI is InChI=1S/C33H38O8/c1-7-8-20(35)15-22-26(36)21(10-9-17(2)3)29-25(27(22)37)28(38)23-13-19-14-24-31(5,6)41-32(30(19)39,33(23,24)40-29)12-11-18(4)16-34/h7-9,11,13,16,19-20,24,35-37H,10,12,14-15H2,1-6H3/b8-7-,18-11+/t19-,20?,24+,32+,33?/m0/s1. The first-order chi connectivity index (χ1) is 19.3. The van der Waals surface area contributed by atoms with Crippen LogP contribution in [0.1, 0.15) is 75.9 Å². The lowest BCUT2D eigenvalue weighted by atomic mass is 9.51. The summed E-state index contributed by atoms with van der Waals surface area (Å²) in [5.41, 5.74) is -2.06. The number of rotatable bonds is 8. The van der Waals surface area contributed by atoms with E-state index in [-0.39, 0.29) is 58.8 Å². The predicted molar refractivity (Wildman–Crippen MR) is 152 cm³/mol. The summed E-state index contributed by atoms with van der Waals surface area (Å²) < 4.78 is 13.5. The summed E-state index contributed by atoms with van der Waals surface area (Å²) in [4.78, 5) is 40.0. The van der Waals surface area contributed by atoms with Gasteiger partial charge in [0.15, 0.2) is 22.8 Å². The molecule has 0 radical (unpaired) electrons. The highest BCUT2D eigenvalue weighted by Crippen LogP contribution is 2.68. The van der Waals surface area contributed by atoms with Crippen molar-refractivity contribution in [1.82, 2.24) is 0 Å². The van der Waals surface area contributed by atoms with Crippen molar-refractivity contribution in [3.8, 4) is 17.2 Å². The van der Waals surface area contributed by atoms with E-state index in [4.69, 9.17) is 9.47 Å². The lowest BCUT2D eigenvalue weighted by molar-refractivity contribution is -0.171. The maximum atomic E-state index is 14.5. The summed E-state index contributed by atoms with van der Waals surface area (Å²) in [6.07, 6.45) is 8.59. The van der Waals surface area contributed by atoms with Gasteiger partial charge in [0.2, 0.25) is 0 Å². The minimum absolute atomic E-state index is 0.0174.